The molecule has 1 atom stereocenters. The van der Waals surface area contributed by atoms with E-state index in [4.69, 9.17) is 0 Å². The van der Waals surface area contributed by atoms with Gasteiger partial charge < -0.3 is 10.2 Å². The molecule has 0 aliphatic carbocycles. The number of benzene rings is 1. The maximum atomic E-state index is 13.6. The summed E-state index contributed by atoms with van der Waals surface area (Å²) in [7, 11) is 0. The summed E-state index contributed by atoms with van der Waals surface area (Å²) in [4.78, 5) is 47.2. The summed E-state index contributed by atoms with van der Waals surface area (Å²) in [6, 6.07) is 7.10. The Morgan fingerprint density at radius 3 is 2.27 bits per heavy atom. The number of carbonyl (C=O) groups excluding carboxylic acids is 3. The monoisotopic (exact) mass is 455 g/mol. The molecule has 180 valence electrons. The van der Waals surface area contributed by atoms with Gasteiger partial charge in [-0.1, -0.05) is 25.0 Å². The van der Waals surface area contributed by atoms with E-state index < -0.39 is 5.54 Å². The summed E-state index contributed by atoms with van der Waals surface area (Å²) in [5, 5.41) is 2.92. The molecule has 0 aromatic heterocycles. The molecule has 3 amide bonds. The van der Waals surface area contributed by atoms with E-state index >= 15 is 0 Å². The summed E-state index contributed by atoms with van der Waals surface area (Å²) in [5.41, 5.74) is 0.432. The van der Waals surface area contributed by atoms with Gasteiger partial charge in [0, 0.05) is 39.3 Å². The molecule has 2 fully saturated rings. The number of hydrogen-bond acceptors (Lipinski definition) is 5. The lowest BCUT2D eigenvalue weighted by Gasteiger charge is -2.45. The first-order chi connectivity index (χ1) is 15.8. The molecule has 1 aromatic carbocycles. The summed E-state index contributed by atoms with van der Waals surface area (Å²) in [5.74, 6) is -0.0258. The molecule has 4 rings (SSSR count). The summed E-state index contributed by atoms with van der Waals surface area (Å²) >= 11 is 0. The topological polar surface area (TPSA) is 76.2 Å². The fraction of sp³-hybridized carbons (Fsp3) is 0.640. The van der Waals surface area contributed by atoms with Gasteiger partial charge in [0.15, 0.2) is 0 Å². The highest BCUT2D eigenvalue weighted by molar-refractivity contribution is 6.15. The second-order valence-corrected chi connectivity index (χ2v) is 9.99. The van der Waals surface area contributed by atoms with E-state index in [2.05, 4.69) is 15.1 Å². The molecule has 0 bridgehead atoms. The quantitative estimate of drug-likeness (QED) is 0.753. The van der Waals surface area contributed by atoms with Crippen molar-refractivity contribution in [2.24, 2.45) is 0 Å². The third kappa shape index (κ3) is 4.92. The SMILES string of the molecule is CC(C(=O)N1c2ccccc2NC(=O)C1(C)C)N1CCN(CC(=O)N2CCCCCC2)CC1. The molecule has 0 radical (unpaired) electrons. The van der Waals surface area contributed by atoms with E-state index in [9.17, 15) is 14.4 Å². The predicted molar refractivity (Wildman–Crippen MR) is 129 cm³/mol. The lowest BCUT2D eigenvalue weighted by atomic mass is 9.95. The van der Waals surface area contributed by atoms with Crippen molar-refractivity contribution in [1.82, 2.24) is 14.7 Å². The molecule has 2 saturated heterocycles. The van der Waals surface area contributed by atoms with Crippen LogP contribution in [0.25, 0.3) is 0 Å². The predicted octanol–water partition coefficient (Wildman–Crippen LogP) is 2.16. The van der Waals surface area contributed by atoms with E-state index in [0.29, 0.717) is 12.2 Å². The largest absolute Gasteiger partial charge is 0.342 e. The van der Waals surface area contributed by atoms with Crippen LogP contribution in [0.1, 0.15) is 46.5 Å². The van der Waals surface area contributed by atoms with Crippen LogP contribution in [-0.4, -0.2) is 89.8 Å². The smallest absolute Gasteiger partial charge is 0.250 e. The van der Waals surface area contributed by atoms with Crippen molar-refractivity contribution in [3.05, 3.63) is 24.3 Å². The maximum absolute atomic E-state index is 13.6. The van der Waals surface area contributed by atoms with Gasteiger partial charge in [-0.3, -0.25) is 29.1 Å². The number of rotatable bonds is 4. The van der Waals surface area contributed by atoms with Gasteiger partial charge in [0.25, 0.3) is 0 Å². The van der Waals surface area contributed by atoms with E-state index in [1.807, 2.05) is 36.1 Å². The van der Waals surface area contributed by atoms with Gasteiger partial charge >= 0.3 is 0 Å². The van der Waals surface area contributed by atoms with Gasteiger partial charge in [-0.25, -0.2) is 0 Å². The van der Waals surface area contributed by atoms with Crippen LogP contribution in [0.5, 0.6) is 0 Å². The molecule has 1 aromatic rings. The Morgan fingerprint density at radius 1 is 0.970 bits per heavy atom. The molecule has 33 heavy (non-hydrogen) atoms. The first-order valence-corrected chi connectivity index (χ1v) is 12.3. The number of carbonyl (C=O) groups is 3. The first-order valence-electron chi connectivity index (χ1n) is 12.3. The van der Waals surface area contributed by atoms with Gasteiger partial charge in [0.1, 0.15) is 5.54 Å². The van der Waals surface area contributed by atoms with Crippen LogP contribution < -0.4 is 10.2 Å². The lowest BCUT2D eigenvalue weighted by Crippen LogP contribution is -2.63. The van der Waals surface area contributed by atoms with Crippen molar-refractivity contribution in [2.45, 2.75) is 58.0 Å². The Balaban J connectivity index is 1.37. The van der Waals surface area contributed by atoms with Crippen molar-refractivity contribution in [3.63, 3.8) is 0 Å². The molecule has 1 unspecified atom stereocenters. The van der Waals surface area contributed by atoms with Gasteiger partial charge in [0.2, 0.25) is 17.7 Å². The van der Waals surface area contributed by atoms with E-state index in [0.717, 1.165) is 57.8 Å². The van der Waals surface area contributed by atoms with Gasteiger partial charge in [-0.15, -0.1) is 0 Å². The number of nitrogens with zero attached hydrogens (tertiary/aromatic N) is 4. The maximum Gasteiger partial charge on any atom is 0.250 e. The fourth-order valence-corrected chi connectivity index (χ4v) is 5.11. The van der Waals surface area contributed by atoms with Crippen LogP contribution >= 0.6 is 0 Å². The van der Waals surface area contributed by atoms with Gasteiger partial charge in [-0.2, -0.15) is 0 Å². The number of anilines is 2. The average molecular weight is 456 g/mol. The highest BCUT2D eigenvalue weighted by atomic mass is 16.2. The molecule has 8 nitrogen and oxygen atoms in total. The Hall–Kier alpha value is -2.45. The molecule has 3 aliphatic rings. The molecule has 8 heteroatoms. The van der Waals surface area contributed by atoms with Crippen LogP contribution in [0.2, 0.25) is 0 Å². The molecule has 3 heterocycles. The lowest BCUT2D eigenvalue weighted by molar-refractivity contribution is -0.133. The second-order valence-electron chi connectivity index (χ2n) is 9.99. The van der Waals surface area contributed by atoms with Crippen LogP contribution in [-0.2, 0) is 14.4 Å². The first kappa shape index (κ1) is 23.7. The van der Waals surface area contributed by atoms with Crippen molar-refractivity contribution in [2.75, 3.05) is 56.0 Å². The van der Waals surface area contributed by atoms with Crippen molar-refractivity contribution >= 4 is 29.1 Å². The van der Waals surface area contributed by atoms with Crippen molar-refractivity contribution in [3.8, 4) is 0 Å². The molecular formula is C25H37N5O3. The molecule has 1 N–H and O–H groups in total. The van der Waals surface area contributed by atoms with Crippen LogP contribution in [0.4, 0.5) is 11.4 Å². The number of piperazine rings is 1. The summed E-state index contributed by atoms with van der Waals surface area (Å²) in [6.07, 6.45) is 4.64. The summed E-state index contributed by atoms with van der Waals surface area (Å²) < 4.78 is 0. The number of para-hydroxylation sites is 2. The molecule has 0 spiro atoms. The second kappa shape index (κ2) is 9.81. The third-order valence-corrected chi connectivity index (χ3v) is 7.36. The number of amides is 3. The molecular weight excluding hydrogens is 418 g/mol. The minimum absolute atomic E-state index is 0.0728. The Bertz CT molecular complexity index is 886. The Kier molecular flexibility index (Phi) is 7.05. The van der Waals surface area contributed by atoms with Gasteiger partial charge in [0.05, 0.1) is 24.0 Å². The van der Waals surface area contributed by atoms with Crippen molar-refractivity contribution in [1.29, 1.82) is 0 Å². The minimum atomic E-state index is -0.971. The number of likely N-dealkylation sites (tertiary alicyclic amines) is 1. The van der Waals surface area contributed by atoms with Crippen LogP contribution in [0.3, 0.4) is 0 Å². The Labute approximate surface area is 196 Å². The highest BCUT2D eigenvalue weighted by Gasteiger charge is 2.45. The number of fused-ring (bicyclic) bond motifs is 1. The van der Waals surface area contributed by atoms with Gasteiger partial charge in [-0.05, 0) is 45.7 Å². The van der Waals surface area contributed by atoms with E-state index in [1.54, 1.807) is 18.7 Å². The fourth-order valence-electron chi connectivity index (χ4n) is 5.11. The highest BCUT2D eigenvalue weighted by Crippen LogP contribution is 2.37. The van der Waals surface area contributed by atoms with Crippen LogP contribution in [0, 0.1) is 0 Å². The standard InChI is InChI=1S/C25H37N5O3/c1-19(23(32)30-21-11-7-6-10-20(21)26-24(33)25(30,2)3)28-16-14-27(15-17-28)18-22(31)29-12-8-4-5-9-13-29/h6-7,10-11,19H,4-5,8-9,12-18H2,1-3H3,(H,26,33). The minimum Gasteiger partial charge on any atom is -0.342 e. The number of hydrogen-bond donors (Lipinski definition) is 1. The number of nitrogens with one attached hydrogen (secondary N) is 1. The zero-order chi connectivity index (χ0) is 23.6. The molecule has 3 aliphatic heterocycles. The molecule has 0 saturated carbocycles. The van der Waals surface area contributed by atoms with E-state index in [-0.39, 0.29) is 23.8 Å². The zero-order valence-corrected chi connectivity index (χ0v) is 20.2. The van der Waals surface area contributed by atoms with E-state index in [1.165, 1.54) is 12.8 Å². The Morgan fingerprint density at radius 2 is 1.61 bits per heavy atom. The third-order valence-electron chi connectivity index (χ3n) is 7.36. The summed E-state index contributed by atoms with van der Waals surface area (Å²) in [6.45, 7) is 10.7. The average Bonchev–Trinajstić information content (AvgIpc) is 3.09. The van der Waals surface area contributed by atoms with Crippen molar-refractivity contribution < 1.29 is 14.4 Å². The normalized spacial score (nSPS) is 22.8. The van der Waals surface area contributed by atoms with Crippen LogP contribution in [0.15, 0.2) is 24.3 Å². The zero-order valence-electron chi connectivity index (χ0n) is 20.2.